The summed E-state index contributed by atoms with van der Waals surface area (Å²) in [6, 6.07) is 5.48. The summed E-state index contributed by atoms with van der Waals surface area (Å²) >= 11 is 11.9. The lowest BCUT2D eigenvalue weighted by Gasteiger charge is -2.12. The van der Waals surface area contributed by atoms with Crippen LogP contribution in [0.4, 0.5) is 0 Å². The monoisotopic (exact) mass is 230 g/mol. The van der Waals surface area contributed by atoms with Gasteiger partial charge in [-0.25, -0.2) is 0 Å². The Morgan fingerprint density at radius 1 is 1.29 bits per heavy atom. The molecule has 0 atom stereocenters. The minimum absolute atomic E-state index is 0.0916. The number of hydrogen-bond donors (Lipinski definition) is 1. The van der Waals surface area contributed by atoms with Crippen molar-refractivity contribution in [2.24, 2.45) is 5.41 Å². The molecule has 76 valence electrons. The van der Waals surface area contributed by atoms with E-state index in [0.717, 1.165) is 29.8 Å². The molecule has 0 aromatic heterocycles. The second kappa shape index (κ2) is 3.73. The number of aliphatic hydroxyl groups excluding tert-OH is 1. The topological polar surface area (TPSA) is 20.2 Å². The molecule has 14 heavy (non-hydrogen) atoms. The molecular weight excluding hydrogens is 219 g/mol. The summed E-state index contributed by atoms with van der Waals surface area (Å²) in [5.41, 5.74) is 1.14. The Morgan fingerprint density at radius 2 is 2.00 bits per heavy atom. The van der Waals surface area contributed by atoms with E-state index in [9.17, 15) is 5.11 Å². The number of rotatable bonds is 3. The van der Waals surface area contributed by atoms with Gasteiger partial charge in [-0.3, -0.25) is 0 Å². The van der Waals surface area contributed by atoms with Crippen molar-refractivity contribution in [3.05, 3.63) is 33.8 Å². The lowest BCUT2D eigenvalue weighted by Crippen LogP contribution is -2.10. The van der Waals surface area contributed by atoms with Gasteiger partial charge in [-0.15, -0.1) is 0 Å². The Hall–Kier alpha value is -0.240. The van der Waals surface area contributed by atoms with Crippen molar-refractivity contribution in [3.63, 3.8) is 0 Å². The van der Waals surface area contributed by atoms with Crippen LogP contribution in [0.5, 0.6) is 0 Å². The maximum atomic E-state index is 9.20. The first-order valence-corrected chi connectivity index (χ1v) is 5.46. The number of halogens is 2. The molecule has 0 amide bonds. The summed E-state index contributed by atoms with van der Waals surface area (Å²) in [7, 11) is 0. The van der Waals surface area contributed by atoms with Crippen LogP contribution in [0.1, 0.15) is 18.4 Å². The maximum absolute atomic E-state index is 9.20. The molecule has 1 nitrogen and oxygen atoms in total. The molecule has 1 aliphatic carbocycles. The molecule has 1 fully saturated rings. The van der Waals surface area contributed by atoms with E-state index < -0.39 is 0 Å². The lowest BCUT2D eigenvalue weighted by atomic mass is 9.97. The third-order valence-electron chi connectivity index (χ3n) is 2.87. The third kappa shape index (κ3) is 2.05. The molecule has 0 unspecified atom stereocenters. The predicted molar refractivity (Wildman–Crippen MR) is 58.9 cm³/mol. The molecule has 0 saturated heterocycles. The summed E-state index contributed by atoms with van der Waals surface area (Å²) in [5.74, 6) is 0. The molecule has 1 aromatic rings. The summed E-state index contributed by atoms with van der Waals surface area (Å²) in [6.07, 6.45) is 3.02. The molecule has 2 rings (SSSR count). The van der Waals surface area contributed by atoms with E-state index in [1.54, 1.807) is 6.07 Å². The minimum Gasteiger partial charge on any atom is -0.396 e. The van der Waals surface area contributed by atoms with Gasteiger partial charge in [0.2, 0.25) is 0 Å². The van der Waals surface area contributed by atoms with Crippen LogP contribution < -0.4 is 0 Å². The maximum Gasteiger partial charge on any atom is 0.0490 e. The Morgan fingerprint density at radius 3 is 2.57 bits per heavy atom. The van der Waals surface area contributed by atoms with Gasteiger partial charge in [0.15, 0.2) is 0 Å². The second-order valence-corrected chi connectivity index (χ2v) is 4.91. The normalized spacial score (nSPS) is 18.2. The highest BCUT2D eigenvalue weighted by Crippen LogP contribution is 2.48. The van der Waals surface area contributed by atoms with Gasteiger partial charge in [0, 0.05) is 16.7 Å². The molecular formula is C11H12Cl2O. The van der Waals surface area contributed by atoms with E-state index in [1.807, 2.05) is 12.1 Å². The van der Waals surface area contributed by atoms with Crippen LogP contribution >= 0.6 is 23.2 Å². The molecule has 1 N–H and O–H groups in total. The van der Waals surface area contributed by atoms with Crippen LogP contribution in [-0.2, 0) is 6.42 Å². The fourth-order valence-electron chi connectivity index (χ4n) is 1.65. The fraction of sp³-hybridized carbons (Fsp3) is 0.455. The molecule has 0 bridgehead atoms. The van der Waals surface area contributed by atoms with Crippen molar-refractivity contribution in [1.29, 1.82) is 0 Å². The molecule has 0 spiro atoms. The first-order chi connectivity index (χ1) is 6.65. The van der Waals surface area contributed by atoms with E-state index in [0.29, 0.717) is 5.02 Å². The Labute approximate surface area is 93.7 Å². The van der Waals surface area contributed by atoms with Crippen molar-refractivity contribution in [2.75, 3.05) is 6.61 Å². The Kier molecular flexibility index (Phi) is 2.74. The highest BCUT2D eigenvalue weighted by atomic mass is 35.5. The summed E-state index contributed by atoms with van der Waals surface area (Å²) in [6.45, 7) is 0.246. The molecule has 1 aliphatic rings. The lowest BCUT2D eigenvalue weighted by molar-refractivity contribution is 0.211. The highest BCUT2D eigenvalue weighted by molar-refractivity contribution is 6.33. The first-order valence-electron chi connectivity index (χ1n) is 4.70. The zero-order chi connectivity index (χ0) is 10.2. The van der Waals surface area contributed by atoms with E-state index >= 15 is 0 Å². The van der Waals surface area contributed by atoms with E-state index in [4.69, 9.17) is 23.2 Å². The van der Waals surface area contributed by atoms with E-state index in [2.05, 4.69) is 0 Å². The fourth-order valence-corrected chi connectivity index (χ4v) is 2.03. The van der Waals surface area contributed by atoms with E-state index in [1.165, 1.54) is 0 Å². The zero-order valence-corrected chi connectivity index (χ0v) is 9.28. The zero-order valence-electron chi connectivity index (χ0n) is 7.76. The number of aliphatic hydroxyl groups is 1. The smallest absolute Gasteiger partial charge is 0.0490 e. The summed E-state index contributed by atoms with van der Waals surface area (Å²) in [4.78, 5) is 0. The summed E-state index contributed by atoms with van der Waals surface area (Å²) < 4.78 is 0. The molecule has 3 heteroatoms. The second-order valence-electron chi connectivity index (χ2n) is 4.07. The third-order valence-corrected chi connectivity index (χ3v) is 3.47. The van der Waals surface area contributed by atoms with Gasteiger partial charge in [-0.2, -0.15) is 0 Å². The van der Waals surface area contributed by atoms with Crippen molar-refractivity contribution in [2.45, 2.75) is 19.3 Å². The number of benzene rings is 1. The van der Waals surface area contributed by atoms with Crippen LogP contribution in [0.25, 0.3) is 0 Å². The molecule has 0 heterocycles. The van der Waals surface area contributed by atoms with Gasteiger partial charge in [0.1, 0.15) is 0 Å². The van der Waals surface area contributed by atoms with Crippen molar-refractivity contribution >= 4 is 23.2 Å². The van der Waals surface area contributed by atoms with Crippen LogP contribution in [0, 0.1) is 5.41 Å². The molecule has 1 aromatic carbocycles. The van der Waals surface area contributed by atoms with Gasteiger partial charge in [0.05, 0.1) is 0 Å². The standard InChI is InChI=1S/C11H12Cl2O/c12-9-1-2-10(13)8(5-9)6-11(7-14)3-4-11/h1-2,5,14H,3-4,6-7H2. The van der Waals surface area contributed by atoms with Gasteiger partial charge < -0.3 is 5.11 Å². The Bertz CT molecular complexity index is 345. The molecule has 1 saturated carbocycles. The van der Waals surface area contributed by atoms with Crippen LogP contribution in [-0.4, -0.2) is 11.7 Å². The average molecular weight is 231 g/mol. The van der Waals surface area contributed by atoms with Crippen LogP contribution in [0.15, 0.2) is 18.2 Å². The SMILES string of the molecule is OCC1(Cc2cc(Cl)ccc2Cl)CC1. The minimum atomic E-state index is 0.0916. The van der Waals surface area contributed by atoms with Crippen molar-refractivity contribution < 1.29 is 5.11 Å². The average Bonchev–Trinajstić information content (AvgIpc) is 2.92. The van der Waals surface area contributed by atoms with Gasteiger partial charge in [-0.1, -0.05) is 23.2 Å². The number of hydrogen-bond acceptors (Lipinski definition) is 1. The molecule has 0 aliphatic heterocycles. The van der Waals surface area contributed by atoms with Gasteiger partial charge in [0.25, 0.3) is 0 Å². The van der Waals surface area contributed by atoms with Gasteiger partial charge in [-0.05, 0) is 48.4 Å². The first kappa shape index (κ1) is 10.3. The van der Waals surface area contributed by atoms with Crippen molar-refractivity contribution in [1.82, 2.24) is 0 Å². The predicted octanol–water partition coefficient (Wildman–Crippen LogP) is 3.31. The molecule has 0 radical (unpaired) electrons. The van der Waals surface area contributed by atoms with Gasteiger partial charge >= 0.3 is 0 Å². The van der Waals surface area contributed by atoms with Crippen molar-refractivity contribution in [3.8, 4) is 0 Å². The Balaban J connectivity index is 2.20. The highest BCUT2D eigenvalue weighted by Gasteiger charge is 2.42. The summed E-state index contributed by atoms with van der Waals surface area (Å²) in [5, 5.41) is 10.7. The van der Waals surface area contributed by atoms with Crippen LogP contribution in [0.3, 0.4) is 0 Å². The van der Waals surface area contributed by atoms with Crippen LogP contribution in [0.2, 0.25) is 10.0 Å². The largest absolute Gasteiger partial charge is 0.396 e. The quantitative estimate of drug-likeness (QED) is 0.846. The van der Waals surface area contributed by atoms with E-state index in [-0.39, 0.29) is 12.0 Å².